The van der Waals surface area contributed by atoms with Gasteiger partial charge in [-0.05, 0) is 24.3 Å². The van der Waals surface area contributed by atoms with Crippen LogP contribution in [-0.4, -0.2) is 22.5 Å². The highest BCUT2D eigenvalue weighted by atomic mass is 19.4. The van der Waals surface area contributed by atoms with E-state index >= 15 is 0 Å². The van der Waals surface area contributed by atoms with Gasteiger partial charge in [-0.2, -0.15) is 13.2 Å². The molecule has 0 fully saturated rings. The lowest BCUT2D eigenvalue weighted by Crippen LogP contribution is -2.32. The van der Waals surface area contributed by atoms with Crippen LogP contribution in [0.25, 0.3) is 0 Å². The SMILES string of the molecule is FC(F)(F)c1ccccc1.O=C(NC1CCOc2cccnc21)c1cccnc1. The summed E-state index contributed by atoms with van der Waals surface area (Å²) in [5, 5.41) is 2.97. The zero-order valence-electron chi connectivity index (χ0n) is 15.3. The molecule has 1 aliphatic rings. The van der Waals surface area contributed by atoms with Gasteiger partial charge < -0.3 is 10.1 Å². The van der Waals surface area contributed by atoms with Gasteiger partial charge >= 0.3 is 6.18 Å². The van der Waals surface area contributed by atoms with Crippen LogP contribution >= 0.6 is 0 Å². The highest BCUT2D eigenvalue weighted by Crippen LogP contribution is 2.30. The van der Waals surface area contributed by atoms with Crippen molar-refractivity contribution in [3.8, 4) is 5.75 Å². The molecular formula is C21H18F3N3O2. The molecule has 1 atom stereocenters. The van der Waals surface area contributed by atoms with Gasteiger partial charge in [0.1, 0.15) is 11.4 Å². The van der Waals surface area contributed by atoms with E-state index in [0.717, 1.165) is 30.0 Å². The number of pyridine rings is 2. The molecule has 4 rings (SSSR count). The highest BCUT2D eigenvalue weighted by Gasteiger charge is 2.29. The van der Waals surface area contributed by atoms with Gasteiger partial charge in [0.2, 0.25) is 0 Å². The number of hydrogen-bond acceptors (Lipinski definition) is 4. The lowest BCUT2D eigenvalue weighted by molar-refractivity contribution is -0.137. The second-order valence-electron chi connectivity index (χ2n) is 6.16. The van der Waals surface area contributed by atoms with Crippen LogP contribution < -0.4 is 10.1 Å². The monoisotopic (exact) mass is 401 g/mol. The Bertz CT molecular complexity index is 935. The number of aromatic nitrogens is 2. The molecule has 1 aromatic carbocycles. The van der Waals surface area contributed by atoms with Gasteiger partial charge in [-0.3, -0.25) is 14.8 Å². The second-order valence-corrected chi connectivity index (χ2v) is 6.16. The Kier molecular flexibility index (Phi) is 6.43. The van der Waals surface area contributed by atoms with Gasteiger partial charge in [-0.15, -0.1) is 0 Å². The van der Waals surface area contributed by atoms with E-state index < -0.39 is 11.7 Å². The van der Waals surface area contributed by atoms with Crippen LogP contribution in [0, 0.1) is 0 Å². The molecule has 8 heteroatoms. The summed E-state index contributed by atoms with van der Waals surface area (Å²) in [7, 11) is 0. The van der Waals surface area contributed by atoms with Crippen molar-refractivity contribution in [2.45, 2.75) is 18.6 Å². The Morgan fingerprint density at radius 1 is 1.03 bits per heavy atom. The van der Waals surface area contributed by atoms with Crippen LogP contribution in [0.4, 0.5) is 13.2 Å². The molecule has 1 amide bonds. The van der Waals surface area contributed by atoms with Crippen molar-refractivity contribution in [2.24, 2.45) is 0 Å². The average Bonchev–Trinajstić information content (AvgIpc) is 2.75. The number of halogens is 3. The summed E-state index contributed by atoms with van der Waals surface area (Å²) in [5.41, 5.74) is 0.729. The number of ether oxygens (including phenoxy) is 1. The summed E-state index contributed by atoms with van der Waals surface area (Å²) >= 11 is 0. The average molecular weight is 401 g/mol. The lowest BCUT2D eigenvalue weighted by Gasteiger charge is -2.25. The molecule has 0 saturated carbocycles. The van der Waals surface area contributed by atoms with Crippen LogP contribution in [0.3, 0.4) is 0 Å². The van der Waals surface area contributed by atoms with E-state index in [1.807, 2.05) is 12.1 Å². The zero-order valence-corrected chi connectivity index (χ0v) is 15.3. The summed E-state index contributed by atoms with van der Waals surface area (Å²) in [5.74, 6) is 0.599. The first-order chi connectivity index (χ1) is 13.9. The number of nitrogens with zero attached hydrogens (tertiary/aromatic N) is 2. The van der Waals surface area contributed by atoms with E-state index in [4.69, 9.17) is 4.74 Å². The Morgan fingerprint density at radius 2 is 1.79 bits per heavy atom. The predicted octanol–water partition coefficient (Wildman–Crippen LogP) is 4.44. The van der Waals surface area contributed by atoms with Crippen LogP contribution in [0.15, 0.2) is 73.2 Å². The molecule has 150 valence electrons. The maximum Gasteiger partial charge on any atom is 0.416 e. The van der Waals surface area contributed by atoms with Crippen molar-refractivity contribution in [1.29, 1.82) is 0 Å². The minimum Gasteiger partial charge on any atom is -0.491 e. The summed E-state index contributed by atoms with van der Waals surface area (Å²) in [6.07, 6.45) is 1.41. The van der Waals surface area contributed by atoms with Crippen molar-refractivity contribution in [3.63, 3.8) is 0 Å². The third-order valence-electron chi connectivity index (χ3n) is 4.12. The van der Waals surface area contributed by atoms with Gasteiger partial charge in [-0.1, -0.05) is 30.3 Å². The van der Waals surface area contributed by atoms with Crippen molar-refractivity contribution in [1.82, 2.24) is 15.3 Å². The summed E-state index contributed by atoms with van der Waals surface area (Å²) in [4.78, 5) is 20.3. The number of hydrogen-bond donors (Lipinski definition) is 1. The van der Waals surface area contributed by atoms with E-state index in [-0.39, 0.29) is 11.9 Å². The Labute approximate surface area is 165 Å². The van der Waals surface area contributed by atoms with Gasteiger partial charge in [0.25, 0.3) is 5.91 Å². The second kappa shape index (κ2) is 9.18. The van der Waals surface area contributed by atoms with Gasteiger partial charge in [0.15, 0.2) is 0 Å². The van der Waals surface area contributed by atoms with Gasteiger partial charge in [0, 0.05) is 25.0 Å². The number of nitrogens with one attached hydrogen (secondary N) is 1. The molecule has 3 aromatic rings. The van der Waals surface area contributed by atoms with E-state index in [0.29, 0.717) is 12.2 Å². The number of benzene rings is 1. The predicted molar refractivity (Wildman–Crippen MR) is 100 cm³/mol. The molecule has 5 nitrogen and oxygen atoms in total. The molecule has 29 heavy (non-hydrogen) atoms. The number of alkyl halides is 3. The number of amides is 1. The zero-order chi connectivity index (χ0) is 20.7. The van der Waals surface area contributed by atoms with E-state index in [2.05, 4.69) is 15.3 Å². The lowest BCUT2D eigenvalue weighted by atomic mass is 10.1. The molecular weight excluding hydrogens is 383 g/mol. The molecule has 0 aliphatic carbocycles. The number of carbonyl (C=O) groups is 1. The summed E-state index contributed by atoms with van der Waals surface area (Å²) < 4.78 is 40.9. The fourth-order valence-electron chi connectivity index (χ4n) is 2.72. The van der Waals surface area contributed by atoms with Crippen LogP contribution in [0.2, 0.25) is 0 Å². The van der Waals surface area contributed by atoms with E-state index in [9.17, 15) is 18.0 Å². The smallest absolute Gasteiger partial charge is 0.416 e. The van der Waals surface area contributed by atoms with Crippen molar-refractivity contribution in [2.75, 3.05) is 6.61 Å². The molecule has 0 bridgehead atoms. The maximum absolute atomic E-state index is 12.1. The Balaban J connectivity index is 0.000000204. The largest absolute Gasteiger partial charge is 0.491 e. The maximum atomic E-state index is 12.1. The summed E-state index contributed by atoms with van der Waals surface area (Å²) in [6, 6.07) is 13.4. The van der Waals surface area contributed by atoms with Gasteiger partial charge in [-0.25, -0.2) is 0 Å². The van der Waals surface area contributed by atoms with Crippen molar-refractivity contribution < 1.29 is 22.7 Å². The molecule has 0 radical (unpaired) electrons. The Morgan fingerprint density at radius 3 is 2.45 bits per heavy atom. The van der Waals surface area contributed by atoms with Crippen LogP contribution in [0.5, 0.6) is 5.75 Å². The third kappa shape index (κ3) is 5.54. The van der Waals surface area contributed by atoms with E-state index in [1.54, 1.807) is 36.8 Å². The van der Waals surface area contributed by atoms with Crippen molar-refractivity contribution >= 4 is 5.91 Å². The standard InChI is InChI=1S/C14H13N3O2.C7H5F3/c18-14(10-3-1-6-15-9-10)17-11-5-8-19-12-4-2-7-16-13(11)12;8-7(9,10)6-4-2-1-3-5-6/h1-4,6-7,9,11H,5,8H2,(H,17,18);1-5H. The highest BCUT2D eigenvalue weighted by molar-refractivity contribution is 5.94. The van der Waals surface area contributed by atoms with Gasteiger partial charge in [0.05, 0.1) is 23.8 Å². The van der Waals surface area contributed by atoms with Crippen LogP contribution in [-0.2, 0) is 6.18 Å². The first-order valence-corrected chi connectivity index (χ1v) is 8.86. The molecule has 1 N–H and O–H groups in total. The molecule has 0 saturated heterocycles. The first-order valence-electron chi connectivity index (χ1n) is 8.86. The minimum atomic E-state index is -4.21. The molecule has 3 heterocycles. The summed E-state index contributed by atoms with van der Waals surface area (Å²) in [6.45, 7) is 0.580. The number of fused-ring (bicyclic) bond motifs is 1. The van der Waals surface area contributed by atoms with Crippen molar-refractivity contribution in [3.05, 3.63) is 90.0 Å². The minimum absolute atomic E-state index is 0.113. The number of rotatable bonds is 2. The first kappa shape index (κ1) is 20.3. The quantitative estimate of drug-likeness (QED) is 0.690. The molecule has 1 aliphatic heterocycles. The normalized spacial score (nSPS) is 15.2. The third-order valence-corrected chi connectivity index (χ3v) is 4.12. The topological polar surface area (TPSA) is 64.1 Å². The fourth-order valence-corrected chi connectivity index (χ4v) is 2.72. The van der Waals surface area contributed by atoms with Crippen LogP contribution in [0.1, 0.15) is 34.1 Å². The molecule has 2 aromatic heterocycles. The molecule has 1 unspecified atom stereocenters. The Hall–Kier alpha value is -3.42. The van der Waals surface area contributed by atoms with E-state index in [1.165, 1.54) is 12.1 Å². The molecule has 0 spiro atoms. The number of carbonyl (C=O) groups excluding carboxylic acids is 1. The fraction of sp³-hybridized carbons (Fsp3) is 0.190.